The molecule has 2 aromatic heterocycles. The first-order valence-corrected chi connectivity index (χ1v) is 7.10. The van der Waals surface area contributed by atoms with Gasteiger partial charge < -0.3 is 10.3 Å². The third-order valence-electron chi connectivity index (χ3n) is 2.60. The van der Waals surface area contributed by atoms with Crippen LogP contribution in [0.4, 0.5) is 10.3 Å². The zero-order chi connectivity index (χ0) is 12.7. The van der Waals surface area contributed by atoms with Gasteiger partial charge in [0.15, 0.2) is 0 Å². The van der Waals surface area contributed by atoms with Gasteiger partial charge in [-0.25, -0.2) is 14.4 Å². The average molecular weight is 374 g/mol. The molecule has 2 N–H and O–H groups in total. The number of thiazole rings is 1. The molecule has 0 amide bonds. The van der Waals surface area contributed by atoms with Crippen LogP contribution in [0, 0.1) is 9.39 Å². The van der Waals surface area contributed by atoms with E-state index in [4.69, 9.17) is 5.73 Å². The van der Waals surface area contributed by atoms with E-state index in [1.54, 1.807) is 16.8 Å². The largest absolute Gasteiger partial charge is 0.369 e. The third kappa shape index (κ3) is 1.97. The Morgan fingerprint density at radius 1 is 1.44 bits per heavy atom. The molecular formula is C11H8FIN4S. The molecule has 92 valence electrons. The van der Waals surface area contributed by atoms with Crippen molar-refractivity contribution in [1.82, 2.24) is 14.5 Å². The Bertz CT molecular complexity index is 707. The number of benzene rings is 1. The second-order valence-electron chi connectivity index (χ2n) is 3.74. The fraction of sp³-hybridized carbons (Fsp3) is 0.0909. The maximum atomic E-state index is 13.6. The fourth-order valence-corrected chi connectivity index (χ4v) is 2.83. The molecule has 3 rings (SSSR count). The molecule has 0 saturated heterocycles. The second kappa shape index (κ2) is 4.47. The van der Waals surface area contributed by atoms with Crippen LogP contribution in [-0.2, 0) is 6.54 Å². The van der Waals surface area contributed by atoms with Crippen LogP contribution in [0.15, 0.2) is 23.7 Å². The highest BCUT2D eigenvalue weighted by atomic mass is 127. The monoisotopic (exact) mass is 374 g/mol. The molecule has 0 spiro atoms. The highest BCUT2D eigenvalue weighted by Gasteiger charge is 2.12. The van der Waals surface area contributed by atoms with E-state index in [1.165, 1.54) is 17.4 Å². The van der Waals surface area contributed by atoms with Crippen LogP contribution in [0.25, 0.3) is 11.0 Å². The lowest BCUT2D eigenvalue weighted by molar-refractivity contribution is 0.621. The SMILES string of the molecule is Nc1nc2cc(I)c(F)cc2n1Cc1nccs1. The summed E-state index contributed by atoms with van der Waals surface area (Å²) in [6.07, 6.45) is 1.73. The molecule has 2 heterocycles. The molecule has 0 saturated carbocycles. The number of anilines is 1. The molecule has 0 aliphatic carbocycles. The van der Waals surface area contributed by atoms with Crippen molar-refractivity contribution in [1.29, 1.82) is 0 Å². The Morgan fingerprint density at radius 3 is 3.00 bits per heavy atom. The van der Waals surface area contributed by atoms with E-state index in [2.05, 4.69) is 9.97 Å². The van der Waals surface area contributed by atoms with E-state index in [0.717, 1.165) is 5.01 Å². The molecule has 18 heavy (non-hydrogen) atoms. The van der Waals surface area contributed by atoms with Crippen LogP contribution in [0.5, 0.6) is 0 Å². The maximum absolute atomic E-state index is 13.6. The highest BCUT2D eigenvalue weighted by Crippen LogP contribution is 2.24. The molecule has 0 bridgehead atoms. The number of nitrogens with two attached hydrogens (primary N) is 1. The van der Waals surface area contributed by atoms with E-state index in [-0.39, 0.29) is 5.82 Å². The summed E-state index contributed by atoms with van der Waals surface area (Å²) in [5, 5.41) is 2.81. The Hall–Kier alpha value is -1.22. The van der Waals surface area contributed by atoms with Gasteiger partial charge in [0.1, 0.15) is 10.8 Å². The van der Waals surface area contributed by atoms with E-state index in [9.17, 15) is 4.39 Å². The van der Waals surface area contributed by atoms with Crippen LogP contribution in [0.2, 0.25) is 0 Å². The van der Waals surface area contributed by atoms with Gasteiger partial charge >= 0.3 is 0 Å². The highest BCUT2D eigenvalue weighted by molar-refractivity contribution is 14.1. The standard InChI is InChI=1S/C11H8FIN4S/c12-6-3-9-8(4-7(6)13)16-11(14)17(9)5-10-15-1-2-18-10/h1-4H,5H2,(H2,14,16). The van der Waals surface area contributed by atoms with Crippen molar-refractivity contribution >= 4 is 50.9 Å². The summed E-state index contributed by atoms with van der Waals surface area (Å²) in [4.78, 5) is 8.44. The molecule has 0 aliphatic rings. The lowest BCUT2D eigenvalue weighted by atomic mass is 10.3. The number of rotatable bonds is 2. The first-order chi connectivity index (χ1) is 8.65. The Morgan fingerprint density at radius 2 is 2.28 bits per heavy atom. The maximum Gasteiger partial charge on any atom is 0.201 e. The molecule has 7 heteroatoms. The van der Waals surface area contributed by atoms with Crippen LogP contribution >= 0.6 is 33.9 Å². The zero-order valence-corrected chi connectivity index (χ0v) is 12.1. The van der Waals surface area contributed by atoms with Gasteiger partial charge in [0, 0.05) is 17.6 Å². The number of imidazole rings is 1. The van der Waals surface area contributed by atoms with Crippen molar-refractivity contribution in [3.05, 3.63) is 38.1 Å². The normalized spacial score (nSPS) is 11.2. The minimum Gasteiger partial charge on any atom is -0.369 e. The first kappa shape index (κ1) is 11.8. The van der Waals surface area contributed by atoms with Crippen molar-refractivity contribution in [2.45, 2.75) is 6.54 Å². The summed E-state index contributed by atoms with van der Waals surface area (Å²) in [7, 11) is 0. The van der Waals surface area contributed by atoms with Crippen LogP contribution in [-0.4, -0.2) is 14.5 Å². The predicted octanol–water partition coefficient (Wildman–Crippen LogP) is 2.87. The van der Waals surface area contributed by atoms with Gasteiger partial charge in [0.25, 0.3) is 0 Å². The molecule has 0 fully saturated rings. The lowest BCUT2D eigenvalue weighted by Gasteiger charge is -2.04. The number of aromatic nitrogens is 3. The molecular weight excluding hydrogens is 366 g/mol. The Labute approximate surface area is 120 Å². The molecule has 0 unspecified atom stereocenters. The van der Waals surface area contributed by atoms with Gasteiger partial charge in [-0.2, -0.15) is 0 Å². The number of nitrogen functional groups attached to an aromatic ring is 1. The third-order valence-corrected chi connectivity index (χ3v) is 4.19. The van der Waals surface area contributed by atoms with E-state index in [0.29, 0.717) is 27.1 Å². The molecule has 4 nitrogen and oxygen atoms in total. The van der Waals surface area contributed by atoms with Crippen LogP contribution in [0.1, 0.15) is 5.01 Å². The minimum absolute atomic E-state index is 0.261. The number of hydrogen-bond acceptors (Lipinski definition) is 4. The number of hydrogen-bond donors (Lipinski definition) is 1. The number of halogens is 2. The van der Waals surface area contributed by atoms with Crippen molar-refractivity contribution in [2.24, 2.45) is 0 Å². The van der Waals surface area contributed by atoms with Gasteiger partial charge in [-0.05, 0) is 28.7 Å². The number of fused-ring (bicyclic) bond motifs is 1. The smallest absolute Gasteiger partial charge is 0.201 e. The quantitative estimate of drug-likeness (QED) is 0.702. The minimum atomic E-state index is -0.261. The lowest BCUT2D eigenvalue weighted by Crippen LogP contribution is -2.04. The van der Waals surface area contributed by atoms with Gasteiger partial charge in [-0.1, -0.05) is 0 Å². The molecule has 0 atom stereocenters. The topological polar surface area (TPSA) is 56.7 Å². The molecule has 1 aromatic carbocycles. The Balaban J connectivity index is 2.16. The summed E-state index contributed by atoms with van der Waals surface area (Å²) in [6.45, 7) is 0.514. The van der Waals surface area contributed by atoms with Gasteiger partial charge in [0.05, 0.1) is 21.1 Å². The summed E-state index contributed by atoms with van der Waals surface area (Å²) >= 11 is 3.48. The van der Waals surface area contributed by atoms with Gasteiger partial charge in [-0.15, -0.1) is 11.3 Å². The second-order valence-corrected chi connectivity index (χ2v) is 5.88. The van der Waals surface area contributed by atoms with Gasteiger partial charge in [-0.3, -0.25) is 0 Å². The summed E-state index contributed by atoms with van der Waals surface area (Å²) in [5.41, 5.74) is 7.27. The fourth-order valence-electron chi connectivity index (χ4n) is 1.77. The number of nitrogens with zero attached hydrogens (tertiary/aromatic N) is 3. The predicted molar refractivity (Wildman–Crippen MR) is 78.0 cm³/mol. The summed E-state index contributed by atoms with van der Waals surface area (Å²) in [5.74, 6) is 0.116. The van der Waals surface area contributed by atoms with Crippen molar-refractivity contribution < 1.29 is 4.39 Å². The van der Waals surface area contributed by atoms with Crippen LogP contribution < -0.4 is 5.73 Å². The Kier molecular flexibility index (Phi) is 2.94. The zero-order valence-electron chi connectivity index (χ0n) is 9.10. The van der Waals surface area contributed by atoms with Crippen molar-refractivity contribution in [2.75, 3.05) is 5.73 Å². The van der Waals surface area contributed by atoms with E-state index in [1.807, 2.05) is 28.0 Å². The molecule has 0 radical (unpaired) electrons. The van der Waals surface area contributed by atoms with Crippen molar-refractivity contribution in [3.8, 4) is 0 Å². The van der Waals surface area contributed by atoms with Gasteiger partial charge in [0.2, 0.25) is 5.95 Å². The summed E-state index contributed by atoms with van der Waals surface area (Å²) in [6, 6.07) is 3.16. The van der Waals surface area contributed by atoms with E-state index >= 15 is 0 Å². The molecule has 3 aromatic rings. The van der Waals surface area contributed by atoms with Crippen molar-refractivity contribution in [3.63, 3.8) is 0 Å². The first-order valence-electron chi connectivity index (χ1n) is 5.14. The average Bonchev–Trinajstić information content (AvgIpc) is 2.92. The summed E-state index contributed by atoms with van der Waals surface area (Å²) < 4.78 is 15.9. The van der Waals surface area contributed by atoms with Crippen LogP contribution in [0.3, 0.4) is 0 Å². The van der Waals surface area contributed by atoms with E-state index < -0.39 is 0 Å². The molecule has 0 aliphatic heterocycles.